The minimum atomic E-state index is -1.76. The van der Waals surface area contributed by atoms with Gasteiger partial charge in [0.15, 0.2) is 11.9 Å². The van der Waals surface area contributed by atoms with Crippen molar-refractivity contribution in [1.82, 2.24) is 52.3 Å². The number of rotatable bonds is 38. The molecule has 31 nitrogen and oxygen atoms in total. The Morgan fingerprint density at radius 2 is 0.940 bits per heavy atom. The van der Waals surface area contributed by atoms with Crippen molar-refractivity contribution in [3.63, 3.8) is 0 Å². The first kappa shape index (κ1) is 78.3. The predicted octanol–water partition coefficient (Wildman–Crippen LogP) is -2.29. The van der Waals surface area contributed by atoms with Gasteiger partial charge in [0.05, 0.1) is 19.2 Å². The molecule has 10 amide bonds. The van der Waals surface area contributed by atoms with E-state index in [9.17, 15) is 68.1 Å². The Morgan fingerprint density at radius 3 is 1.43 bits per heavy atom. The van der Waals surface area contributed by atoms with E-state index in [0.717, 1.165) is 0 Å². The number of carboxylic acid groups (broad SMARTS) is 1. The molecule has 0 aromatic heterocycles. The van der Waals surface area contributed by atoms with Gasteiger partial charge in [0.1, 0.15) is 60.1 Å². The molecule has 540 valence electrons. The van der Waals surface area contributed by atoms with Crippen LogP contribution in [0.4, 0.5) is 0 Å². The number of aliphatic carboxylic acids is 1. The third kappa shape index (κ3) is 24.7. The molecule has 4 aromatic rings. The molecule has 4 aromatic carbocycles. The summed E-state index contributed by atoms with van der Waals surface area (Å²) in [6.45, 7) is 2.58. The second-order valence-electron chi connectivity index (χ2n) is 24.9. The SMILES string of the molecule is CC[C@H](C)[C@H](NC(=O)[C@H](CCCN=C(N)N)NC(=O)[C@H](Cc1ccccc1)NC(=O)[C@@H](Cc1ccccc1)NC(=O)[C@H](CO)NC(=O)[C@H](Cc1ccccc1)NC(=O)CNC(=O)[C@@H]1CCCN1C(=O)[C@@H]1CCCN1C(=O)[C@@H](N)CCCN=C(N)N)C(=O)N[C@@H](Cc1ccc(O)cc1)C(=O)O. The molecule has 2 heterocycles. The number of guanidine groups is 2. The second-order valence-corrected chi connectivity index (χ2v) is 24.9. The summed E-state index contributed by atoms with van der Waals surface area (Å²) in [6, 6.07) is 18.2. The smallest absolute Gasteiger partial charge is 0.326 e. The van der Waals surface area contributed by atoms with Crippen LogP contribution in [0.25, 0.3) is 0 Å². The molecular formula is C69H95N17O14. The van der Waals surface area contributed by atoms with Crippen LogP contribution < -0.4 is 71.2 Å². The summed E-state index contributed by atoms with van der Waals surface area (Å²) in [4.78, 5) is 165. The van der Waals surface area contributed by atoms with E-state index in [1.165, 1.54) is 34.1 Å². The Balaban J connectivity index is 1.17. The number of likely N-dealkylation sites (tertiary alicyclic amines) is 2. The highest BCUT2D eigenvalue weighted by atomic mass is 16.4. The number of aliphatic hydroxyl groups excluding tert-OH is 1. The van der Waals surface area contributed by atoms with E-state index >= 15 is 0 Å². The summed E-state index contributed by atoms with van der Waals surface area (Å²) in [7, 11) is 0. The van der Waals surface area contributed by atoms with Crippen LogP contribution >= 0.6 is 0 Å². The number of carbonyl (C=O) groups excluding carboxylic acids is 10. The molecule has 2 fully saturated rings. The molecule has 2 aliphatic heterocycles. The van der Waals surface area contributed by atoms with Crippen LogP contribution in [0.1, 0.15) is 93.9 Å². The Hall–Kier alpha value is -10.7. The number of nitrogens with zero attached hydrogens (tertiary/aromatic N) is 4. The molecule has 0 spiro atoms. The van der Waals surface area contributed by atoms with Crippen molar-refractivity contribution < 1.29 is 68.1 Å². The number of aliphatic imine (C=N–C) groups is 2. The molecule has 0 unspecified atom stereocenters. The average molecular weight is 1390 g/mol. The fourth-order valence-electron chi connectivity index (χ4n) is 11.7. The Bertz CT molecular complexity index is 3470. The van der Waals surface area contributed by atoms with E-state index in [1.807, 2.05) is 0 Å². The zero-order valence-electron chi connectivity index (χ0n) is 56.3. The molecule has 2 saturated heterocycles. The summed E-state index contributed by atoms with van der Waals surface area (Å²) in [6.07, 6.45) is 2.02. The summed E-state index contributed by atoms with van der Waals surface area (Å²) in [5, 5.41) is 51.7. The van der Waals surface area contributed by atoms with E-state index in [-0.39, 0.29) is 88.7 Å². The lowest BCUT2D eigenvalue weighted by Gasteiger charge is -2.32. The van der Waals surface area contributed by atoms with Crippen LogP contribution in [0.15, 0.2) is 125 Å². The van der Waals surface area contributed by atoms with Gasteiger partial charge in [-0.1, -0.05) is 123 Å². The quantitative estimate of drug-likeness (QED) is 0.0128. The van der Waals surface area contributed by atoms with Crippen LogP contribution in [-0.2, 0) is 78.4 Å². The number of carboxylic acids is 1. The number of hydrogen-bond donors (Lipinski definition) is 16. The van der Waals surface area contributed by atoms with Gasteiger partial charge < -0.3 is 96.3 Å². The number of phenols is 1. The summed E-state index contributed by atoms with van der Waals surface area (Å²) in [5.41, 5.74) is 30.4. The maximum atomic E-state index is 14.9. The topological polar surface area (TPSA) is 506 Å². The molecule has 11 atom stereocenters. The maximum Gasteiger partial charge on any atom is 0.326 e. The van der Waals surface area contributed by atoms with Gasteiger partial charge in [0.2, 0.25) is 59.1 Å². The van der Waals surface area contributed by atoms with Gasteiger partial charge in [-0.15, -0.1) is 0 Å². The van der Waals surface area contributed by atoms with Crippen molar-refractivity contribution in [3.8, 4) is 5.75 Å². The Kier molecular flexibility index (Phi) is 31.0. The molecule has 0 radical (unpaired) electrons. The highest BCUT2D eigenvalue weighted by Crippen LogP contribution is 2.26. The largest absolute Gasteiger partial charge is 0.508 e. The van der Waals surface area contributed by atoms with Crippen LogP contribution in [-0.4, -0.2) is 202 Å². The van der Waals surface area contributed by atoms with Crippen LogP contribution in [0, 0.1) is 5.92 Å². The number of nitrogens with one attached hydrogen (secondary N) is 8. The zero-order valence-corrected chi connectivity index (χ0v) is 56.3. The number of hydrogen-bond acceptors (Lipinski definition) is 16. The highest BCUT2D eigenvalue weighted by molar-refractivity contribution is 5.99. The van der Waals surface area contributed by atoms with Crippen molar-refractivity contribution in [3.05, 3.63) is 138 Å². The maximum absolute atomic E-state index is 14.9. The molecule has 0 bridgehead atoms. The van der Waals surface area contributed by atoms with Crippen molar-refractivity contribution in [2.75, 3.05) is 39.3 Å². The molecule has 100 heavy (non-hydrogen) atoms. The van der Waals surface area contributed by atoms with Crippen LogP contribution in [0.2, 0.25) is 0 Å². The lowest BCUT2D eigenvalue weighted by Crippen LogP contribution is -2.61. The number of aliphatic hydroxyl groups is 1. The van der Waals surface area contributed by atoms with Gasteiger partial charge in [-0.3, -0.25) is 57.9 Å². The molecule has 2 aliphatic rings. The molecule has 0 aliphatic carbocycles. The summed E-state index contributed by atoms with van der Waals surface area (Å²) >= 11 is 0. The Labute approximate surface area is 580 Å². The fourth-order valence-corrected chi connectivity index (χ4v) is 11.7. The van der Waals surface area contributed by atoms with Crippen LogP contribution in [0.3, 0.4) is 0 Å². The third-order valence-corrected chi connectivity index (χ3v) is 17.3. The summed E-state index contributed by atoms with van der Waals surface area (Å²) < 4.78 is 0. The number of phenolic OH excluding ortho intramolecular Hbond substituents is 1. The number of aromatic hydroxyl groups is 1. The monoisotopic (exact) mass is 1390 g/mol. The molecule has 31 heteroatoms. The van der Waals surface area contributed by atoms with Gasteiger partial charge in [0.25, 0.3) is 0 Å². The number of amides is 10. The highest BCUT2D eigenvalue weighted by Gasteiger charge is 2.43. The molecule has 6 rings (SSSR count). The minimum Gasteiger partial charge on any atom is -0.508 e. The fraction of sp³-hybridized carbons (Fsp3) is 0.464. The van der Waals surface area contributed by atoms with Gasteiger partial charge in [0, 0.05) is 51.9 Å². The lowest BCUT2D eigenvalue weighted by molar-refractivity contribution is -0.147. The lowest BCUT2D eigenvalue weighted by atomic mass is 9.96. The zero-order chi connectivity index (χ0) is 72.8. The minimum absolute atomic E-state index is 0.0127. The number of carbonyl (C=O) groups is 11. The average Bonchev–Trinajstić information content (AvgIpc) is 1.63. The molecule has 21 N–H and O–H groups in total. The van der Waals surface area contributed by atoms with Crippen molar-refractivity contribution >= 4 is 77.0 Å². The van der Waals surface area contributed by atoms with E-state index in [0.29, 0.717) is 60.9 Å². The second kappa shape index (κ2) is 39.6. The number of nitrogens with two attached hydrogens (primary N) is 5. The molecular weight excluding hydrogens is 1290 g/mol. The molecule has 0 saturated carbocycles. The third-order valence-electron chi connectivity index (χ3n) is 17.3. The van der Waals surface area contributed by atoms with Gasteiger partial charge in [-0.25, -0.2) is 4.79 Å². The first-order chi connectivity index (χ1) is 47.8. The van der Waals surface area contributed by atoms with Crippen molar-refractivity contribution in [2.24, 2.45) is 44.6 Å². The standard InChI is InChI=1S/C69H95N17O14/c1-3-41(2)57(64(96)82-52(67(99)100)38-45-27-29-46(88)30-28-45)84-58(90)48(24-14-32-76-69(73)74)79-60(92)50(36-43-19-9-5-10-20-43)80-61(93)51(37-44-21-11-6-12-22-44)81-62(94)53(40-87)83-59(91)49(35-42-17-7-4-8-18-42)78-56(89)39-77-63(95)54-25-15-33-85(54)66(98)55-26-16-34-86(55)65(97)47(70)23-13-31-75-68(71)72/h4-12,17-22,27-30,41,47-55,57,87-88H,3,13-16,23-26,31-40,70H2,1-2H3,(H,77,95)(H,78,89)(H,79,92)(H,80,93)(H,81,94)(H,82,96)(H,83,91)(H,84,90)(H,99,100)(H4,71,72,75)(H4,73,74,76)/t41-,47-,48-,49-,50-,51+,52-,53-,54-,55-,57-/m0/s1. The first-order valence-corrected chi connectivity index (χ1v) is 33.5. The van der Waals surface area contributed by atoms with Crippen molar-refractivity contribution in [1.29, 1.82) is 0 Å². The predicted molar refractivity (Wildman–Crippen MR) is 370 cm³/mol. The van der Waals surface area contributed by atoms with Crippen molar-refractivity contribution in [2.45, 2.75) is 158 Å². The van der Waals surface area contributed by atoms with Gasteiger partial charge in [-0.2, -0.15) is 0 Å². The Morgan fingerprint density at radius 1 is 0.520 bits per heavy atom. The van der Waals surface area contributed by atoms with Gasteiger partial charge in [-0.05, 0) is 91.7 Å². The summed E-state index contributed by atoms with van der Waals surface area (Å²) in [5.74, 6) is -10.1. The normalized spacial score (nSPS) is 16.8. The van der Waals surface area contributed by atoms with E-state index < -0.39 is 145 Å². The first-order valence-electron chi connectivity index (χ1n) is 33.5. The van der Waals surface area contributed by atoms with Gasteiger partial charge >= 0.3 is 5.97 Å². The number of benzene rings is 4. The van der Waals surface area contributed by atoms with E-state index in [1.54, 1.807) is 105 Å². The van der Waals surface area contributed by atoms with E-state index in [4.69, 9.17) is 28.7 Å². The van der Waals surface area contributed by atoms with Crippen LogP contribution in [0.5, 0.6) is 5.75 Å². The van der Waals surface area contributed by atoms with E-state index in [2.05, 4.69) is 52.5 Å².